The van der Waals surface area contributed by atoms with Crippen LogP contribution in [0, 0.1) is 0 Å². The molecule has 0 aliphatic carbocycles. The van der Waals surface area contributed by atoms with Gasteiger partial charge >= 0.3 is 6.18 Å². The lowest BCUT2D eigenvalue weighted by Gasteiger charge is -2.20. The van der Waals surface area contributed by atoms with Crippen LogP contribution in [0.2, 0.25) is 10.0 Å². The van der Waals surface area contributed by atoms with Gasteiger partial charge in [0, 0.05) is 16.1 Å². The molecule has 2 aromatic rings. The van der Waals surface area contributed by atoms with Gasteiger partial charge in [0.25, 0.3) is 5.92 Å². The molecule has 0 aliphatic rings. The lowest BCUT2D eigenvalue weighted by Crippen LogP contribution is -2.17. The second-order valence-electron chi connectivity index (χ2n) is 4.27. The predicted octanol–water partition coefficient (Wildman–Crippen LogP) is 6.15. The van der Waals surface area contributed by atoms with Gasteiger partial charge in [0.15, 0.2) is 0 Å². The fourth-order valence-electron chi connectivity index (χ4n) is 1.76. The van der Waals surface area contributed by atoms with Gasteiger partial charge in [-0.1, -0.05) is 35.3 Å². The monoisotopic (exact) mass is 340 g/mol. The van der Waals surface area contributed by atoms with E-state index in [-0.39, 0.29) is 5.02 Å². The zero-order chi connectivity index (χ0) is 15.8. The number of alkyl halides is 5. The van der Waals surface area contributed by atoms with Crippen molar-refractivity contribution in [3.63, 3.8) is 0 Å². The molecule has 0 saturated carbocycles. The first-order valence-electron chi connectivity index (χ1n) is 5.63. The van der Waals surface area contributed by atoms with Crippen molar-refractivity contribution in [2.75, 3.05) is 0 Å². The quantitative estimate of drug-likeness (QED) is 0.575. The van der Waals surface area contributed by atoms with Gasteiger partial charge in [-0.05, 0) is 30.3 Å². The van der Waals surface area contributed by atoms with Crippen LogP contribution in [0.25, 0.3) is 0 Å². The van der Waals surface area contributed by atoms with E-state index in [2.05, 4.69) is 0 Å². The van der Waals surface area contributed by atoms with Crippen molar-refractivity contribution in [3.05, 3.63) is 69.2 Å². The van der Waals surface area contributed by atoms with Gasteiger partial charge in [0.05, 0.1) is 10.6 Å². The number of rotatable bonds is 2. The Labute approximate surface area is 127 Å². The van der Waals surface area contributed by atoms with E-state index in [9.17, 15) is 22.0 Å². The van der Waals surface area contributed by atoms with Crippen molar-refractivity contribution < 1.29 is 22.0 Å². The lowest BCUT2D eigenvalue weighted by molar-refractivity contribution is -0.137. The van der Waals surface area contributed by atoms with Crippen molar-refractivity contribution in [2.24, 2.45) is 0 Å². The number of benzene rings is 2. The molecule has 0 atom stereocenters. The van der Waals surface area contributed by atoms with Gasteiger partial charge < -0.3 is 0 Å². The molecule has 0 fully saturated rings. The Morgan fingerprint density at radius 3 is 1.76 bits per heavy atom. The molecule has 0 heterocycles. The Morgan fingerprint density at radius 2 is 1.24 bits per heavy atom. The molecule has 0 aliphatic heterocycles. The fraction of sp³-hybridized carbons (Fsp3) is 0.143. The summed E-state index contributed by atoms with van der Waals surface area (Å²) in [4.78, 5) is 0. The largest absolute Gasteiger partial charge is 0.416 e. The Hall–Kier alpha value is -1.33. The first-order valence-corrected chi connectivity index (χ1v) is 6.39. The minimum Gasteiger partial charge on any atom is -0.196 e. The summed E-state index contributed by atoms with van der Waals surface area (Å²) >= 11 is 11.2. The van der Waals surface area contributed by atoms with Gasteiger partial charge in [0.2, 0.25) is 0 Å². The second-order valence-corrected chi connectivity index (χ2v) is 5.12. The van der Waals surface area contributed by atoms with Gasteiger partial charge in [-0.15, -0.1) is 0 Å². The van der Waals surface area contributed by atoms with E-state index in [4.69, 9.17) is 23.2 Å². The van der Waals surface area contributed by atoms with Crippen molar-refractivity contribution >= 4 is 23.2 Å². The Balaban J connectivity index is 2.56. The Kier molecular flexibility index (Phi) is 4.17. The molecule has 2 aromatic carbocycles. The predicted molar refractivity (Wildman–Crippen MR) is 70.9 cm³/mol. The number of halogens is 7. The van der Waals surface area contributed by atoms with Gasteiger partial charge in [-0.25, -0.2) is 0 Å². The maximum Gasteiger partial charge on any atom is 0.416 e. The molecule has 0 nitrogen and oxygen atoms in total. The highest BCUT2D eigenvalue weighted by Crippen LogP contribution is 2.42. The van der Waals surface area contributed by atoms with Crippen molar-refractivity contribution in [1.82, 2.24) is 0 Å². The number of hydrogen-bond donors (Lipinski definition) is 0. The van der Waals surface area contributed by atoms with Crippen LogP contribution in [0.15, 0.2) is 42.5 Å². The SMILES string of the molecule is FC(F)(F)c1ccc(Cl)c(C(F)(F)c2ccc(Cl)cc2)c1. The molecule has 0 saturated heterocycles. The number of hydrogen-bond acceptors (Lipinski definition) is 0. The molecule has 21 heavy (non-hydrogen) atoms. The van der Waals surface area contributed by atoms with Gasteiger partial charge in [-0.3, -0.25) is 0 Å². The van der Waals surface area contributed by atoms with Crippen LogP contribution < -0.4 is 0 Å². The molecule has 0 bridgehead atoms. The first-order chi connectivity index (χ1) is 9.62. The topological polar surface area (TPSA) is 0 Å². The summed E-state index contributed by atoms with van der Waals surface area (Å²) in [5, 5.41) is -0.201. The van der Waals surface area contributed by atoms with Crippen LogP contribution in [-0.4, -0.2) is 0 Å². The average molecular weight is 341 g/mol. The molecule has 112 valence electrons. The van der Waals surface area contributed by atoms with Crippen LogP contribution in [0.3, 0.4) is 0 Å². The standard InChI is InChI=1S/C14H7Cl2F5/c15-10-4-1-8(2-5-10)13(17,18)11-7-9(14(19,20)21)3-6-12(11)16/h1-7H. The van der Waals surface area contributed by atoms with E-state index < -0.39 is 33.8 Å². The van der Waals surface area contributed by atoms with Crippen molar-refractivity contribution in [1.29, 1.82) is 0 Å². The molecule has 0 aromatic heterocycles. The van der Waals surface area contributed by atoms with Crippen LogP contribution in [-0.2, 0) is 12.1 Å². The maximum atomic E-state index is 14.4. The lowest BCUT2D eigenvalue weighted by atomic mass is 9.98. The van der Waals surface area contributed by atoms with E-state index in [0.717, 1.165) is 18.2 Å². The van der Waals surface area contributed by atoms with E-state index in [1.807, 2.05) is 0 Å². The summed E-state index contributed by atoms with van der Waals surface area (Å²) in [6.07, 6.45) is -4.73. The highest BCUT2D eigenvalue weighted by molar-refractivity contribution is 6.31. The molecular formula is C14H7Cl2F5. The third kappa shape index (κ3) is 3.30. The molecular weight excluding hydrogens is 334 g/mol. The highest BCUT2D eigenvalue weighted by Gasteiger charge is 2.39. The van der Waals surface area contributed by atoms with Gasteiger partial charge in [-0.2, -0.15) is 22.0 Å². The minimum atomic E-state index is -4.73. The Bertz CT molecular complexity index is 647. The zero-order valence-electron chi connectivity index (χ0n) is 10.2. The second kappa shape index (κ2) is 5.46. The van der Waals surface area contributed by atoms with E-state index >= 15 is 0 Å². The molecule has 0 N–H and O–H groups in total. The van der Waals surface area contributed by atoms with Crippen LogP contribution >= 0.6 is 23.2 Å². The molecule has 0 unspecified atom stereocenters. The molecule has 7 heteroatoms. The minimum absolute atomic E-state index is 0.240. The summed E-state index contributed by atoms with van der Waals surface area (Å²) in [5.74, 6) is -3.66. The zero-order valence-corrected chi connectivity index (χ0v) is 11.7. The van der Waals surface area contributed by atoms with E-state index in [1.165, 1.54) is 12.1 Å². The molecule has 2 rings (SSSR count). The van der Waals surface area contributed by atoms with Gasteiger partial charge in [0.1, 0.15) is 0 Å². The summed E-state index contributed by atoms with van der Waals surface area (Å²) in [6, 6.07) is 6.36. The highest BCUT2D eigenvalue weighted by atomic mass is 35.5. The summed E-state index contributed by atoms with van der Waals surface area (Å²) in [5.41, 5.74) is -2.58. The summed E-state index contributed by atoms with van der Waals surface area (Å²) in [7, 11) is 0. The van der Waals surface area contributed by atoms with Crippen LogP contribution in [0.1, 0.15) is 16.7 Å². The van der Waals surface area contributed by atoms with E-state index in [1.54, 1.807) is 0 Å². The van der Waals surface area contributed by atoms with Crippen molar-refractivity contribution in [3.8, 4) is 0 Å². The third-order valence-electron chi connectivity index (χ3n) is 2.84. The summed E-state index contributed by atoms with van der Waals surface area (Å²) in [6.45, 7) is 0. The smallest absolute Gasteiger partial charge is 0.196 e. The normalized spacial score (nSPS) is 12.5. The molecule has 0 radical (unpaired) electrons. The van der Waals surface area contributed by atoms with Crippen LogP contribution in [0.5, 0.6) is 0 Å². The van der Waals surface area contributed by atoms with Crippen LogP contribution in [0.4, 0.5) is 22.0 Å². The summed E-state index contributed by atoms with van der Waals surface area (Å²) < 4.78 is 66.6. The average Bonchev–Trinajstić information content (AvgIpc) is 2.38. The molecule has 0 spiro atoms. The first kappa shape index (κ1) is 16.0. The van der Waals surface area contributed by atoms with Crippen molar-refractivity contribution in [2.45, 2.75) is 12.1 Å². The Morgan fingerprint density at radius 1 is 0.714 bits per heavy atom. The fourth-order valence-corrected chi connectivity index (χ4v) is 2.12. The van der Waals surface area contributed by atoms with E-state index in [0.29, 0.717) is 12.1 Å². The third-order valence-corrected chi connectivity index (χ3v) is 3.42. The maximum absolute atomic E-state index is 14.4. The molecule has 0 amide bonds.